The van der Waals surface area contributed by atoms with Crippen LogP contribution in [0.5, 0.6) is 0 Å². The molecule has 0 unspecified atom stereocenters. The zero-order valence-corrected chi connectivity index (χ0v) is 11.8. The van der Waals surface area contributed by atoms with Crippen LogP contribution in [-0.2, 0) is 0 Å². The summed E-state index contributed by atoms with van der Waals surface area (Å²) < 4.78 is 0. The molecule has 2 aromatic heterocycles. The molecule has 0 aromatic carbocycles. The van der Waals surface area contributed by atoms with Crippen LogP contribution in [-0.4, -0.2) is 28.0 Å². The molecule has 0 spiro atoms. The molecule has 0 amide bonds. The van der Waals surface area contributed by atoms with E-state index in [0.29, 0.717) is 5.92 Å². The van der Waals surface area contributed by atoms with Gasteiger partial charge in [0.25, 0.3) is 0 Å². The first-order valence-electron chi connectivity index (χ1n) is 6.97. The lowest BCUT2D eigenvalue weighted by Gasteiger charge is -2.12. The van der Waals surface area contributed by atoms with Gasteiger partial charge in [0.05, 0.1) is 0 Å². The summed E-state index contributed by atoms with van der Waals surface area (Å²) in [5.41, 5.74) is 2.09. The molecule has 1 aliphatic rings. The van der Waals surface area contributed by atoms with Crippen LogP contribution in [0, 0.1) is 13.8 Å². The van der Waals surface area contributed by atoms with Gasteiger partial charge < -0.3 is 10.6 Å². The third-order valence-electron chi connectivity index (χ3n) is 3.55. The number of hydrogen-bond donors (Lipinski definition) is 2. The van der Waals surface area contributed by atoms with E-state index in [1.54, 1.807) is 6.20 Å². The van der Waals surface area contributed by atoms with Crippen molar-refractivity contribution in [2.75, 3.05) is 18.4 Å². The highest BCUT2D eigenvalue weighted by Crippen LogP contribution is 2.22. The highest BCUT2D eigenvalue weighted by atomic mass is 15.1. The third-order valence-corrected chi connectivity index (χ3v) is 3.55. The SMILES string of the molecule is Cc1cc(Nc2ncccc2C)nc([C@H]2CCNC2)n1. The van der Waals surface area contributed by atoms with Crippen LogP contribution < -0.4 is 10.6 Å². The highest BCUT2D eigenvalue weighted by Gasteiger charge is 2.20. The maximum atomic E-state index is 4.65. The molecule has 20 heavy (non-hydrogen) atoms. The summed E-state index contributed by atoms with van der Waals surface area (Å²) in [7, 11) is 0. The molecule has 0 radical (unpaired) electrons. The Morgan fingerprint density at radius 3 is 2.95 bits per heavy atom. The molecule has 0 saturated carbocycles. The normalized spacial score (nSPS) is 18.2. The average Bonchev–Trinajstić information content (AvgIpc) is 2.95. The average molecular weight is 269 g/mol. The van der Waals surface area contributed by atoms with Crippen LogP contribution in [0.1, 0.15) is 29.4 Å². The van der Waals surface area contributed by atoms with Crippen LogP contribution in [0.3, 0.4) is 0 Å². The van der Waals surface area contributed by atoms with Gasteiger partial charge in [-0.25, -0.2) is 15.0 Å². The second-order valence-electron chi connectivity index (χ2n) is 5.24. The van der Waals surface area contributed by atoms with Crippen molar-refractivity contribution < 1.29 is 0 Å². The van der Waals surface area contributed by atoms with E-state index in [-0.39, 0.29) is 0 Å². The Labute approximate surface area is 118 Å². The molecule has 5 nitrogen and oxygen atoms in total. The highest BCUT2D eigenvalue weighted by molar-refractivity contribution is 5.55. The van der Waals surface area contributed by atoms with E-state index in [4.69, 9.17) is 0 Å². The van der Waals surface area contributed by atoms with E-state index < -0.39 is 0 Å². The number of hydrogen-bond acceptors (Lipinski definition) is 5. The number of aryl methyl sites for hydroxylation is 2. The summed E-state index contributed by atoms with van der Waals surface area (Å²) in [4.78, 5) is 13.6. The molecule has 0 bridgehead atoms. The lowest BCUT2D eigenvalue weighted by atomic mass is 10.1. The molecule has 1 fully saturated rings. The fourth-order valence-electron chi connectivity index (χ4n) is 2.45. The van der Waals surface area contributed by atoms with Gasteiger partial charge >= 0.3 is 0 Å². The smallest absolute Gasteiger partial charge is 0.135 e. The molecule has 2 N–H and O–H groups in total. The zero-order chi connectivity index (χ0) is 13.9. The van der Waals surface area contributed by atoms with Gasteiger partial charge in [-0.15, -0.1) is 0 Å². The summed E-state index contributed by atoms with van der Waals surface area (Å²) in [5, 5.41) is 6.65. The van der Waals surface area contributed by atoms with E-state index in [1.807, 2.05) is 32.0 Å². The maximum Gasteiger partial charge on any atom is 0.135 e. The lowest BCUT2D eigenvalue weighted by molar-refractivity contribution is 0.698. The molecule has 2 aromatic rings. The molecular formula is C15H19N5. The standard InChI is InChI=1S/C15H19N5/c1-10-4-3-6-17-14(10)19-13-8-11(2)18-15(20-13)12-5-7-16-9-12/h3-4,6,8,12,16H,5,7,9H2,1-2H3,(H,17,18,19,20)/t12-/m0/s1. The van der Waals surface area contributed by atoms with E-state index in [2.05, 4.69) is 25.6 Å². The Kier molecular flexibility index (Phi) is 3.60. The number of nitrogens with zero attached hydrogens (tertiary/aromatic N) is 3. The number of anilines is 2. The van der Waals surface area contributed by atoms with Gasteiger partial charge in [0, 0.05) is 30.4 Å². The first-order valence-corrected chi connectivity index (χ1v) is 6.97. The summed E-state index contributed by atoms with van der Waals surface area (Å²) in [5.74, 6) is 3.01. The first kappa shape index (κ1) is 13.0. The Hall–Kier alpha value is -2.01. The summed E-state index contributed by atoms with van der Waals surface area (Å²) in [6.07, 6.45) is 2.89. The molecule has 1 saturated heterocycles. The summed E-state index contributed by atoms with van der Waals surface area (Å²) in [6, 6.07) is 5.92. The van der Waals surface area contributed by atoms with Gasteiger partial charge in [-0.3, -0.25) is 0 Å². The quantitative estimate of drug-likeness (QED) is 0.895. The Morgan fingerprint density at radius 1 is 1.30 bits per heavy atom. The Bertz CT molecular complexity index is 605. The summed E-state index contributed by atoms with van der Waals surface area (Å²) in [6.45, 7) is 6.05. The van der Waals surface area contributed by atoms with Crippen molar-refractivity contribution in [1.82, 2.24) is 20.3 Å². The second kappa shape index (κ2) is 5.54. The van der Waals surface area contributed by atoms with Gasteiger partial charge in [-0.2, -0.15) is 0 Å². The lowest BCUT2D eigenvalue weighted by Crippen LogP contribution is -2.11. The van der Waals surface area contributed by atoms with E-state index in [1.165, 1.54) is 0 Å². The van der Waals surface area contributed by atoms with Gasteiger partial charge in [-0.05, 0) is 38.4 Å². The molecule has 0 aliphatic carbocycles. The fourth-order valence-corrected chi connectivity index (χ4v) is 2.45. The topological polar surface area (TPSA) is 62.7 Å². The fraction of sp³-hybridized carbons (Fsp3) is 0.400. The van der Waals surface area contributed by atoms with Gasteiger partial charge in [0.15, 0.2) is 0 Å². The van der Waals surface area contributed by atoms with Crippen LogP contribution in [0.25, 0.3) is 0 Å². The predicted octanol–water partition coefficient (Wildman–Crippen LogP) is 2.31. The molecule has 3 heterocycles. The molecular weight excluding hydrogens is 250 g/mol. The van der Waals surface area contributed by atoms with Gasteiger partial charge in [-0.1, -0.05) is 6.07 Å². The van der Waals surface area contributed by atoms with Gasteiger partial charge in [0.1, 0.15) is 17.5 Å². The van der Waals surface area contributed by atoms with E-state index >= 15 is 0 Å². The van der Waals surface area contributed by atoms with Crippen molar-refractivity contribution in [1.29, 1.82) is 0 Å². The minimum atomic E-state index is 0.417. The Morgan fingerprint density at radius 2 is 2.20 bits per heavy atom. The molecule has 104 valence electrons. The Balaban J connectivity index is 1.88. The molecule has 1 aliphatic heterocycles. The van der Waals surface area contributed by atoms with Crippen LogP contribution in [0.2, 0.25) is 0 Å². The van der Waals surface area contributed by atoms with E-state index in [9.17, 15) is 0 Å². The number of nitrogens with one attached hydrogen (secondary N) is 2. The number of rotatable bonds is 3. The zero-order valence-electron chi connectivity index (χ0n) is 11.8. The largest absolute Gasteiger partial charge is 0.325 e. The minimum absolute atomic E-state index is 0.417. The molecule has 5 heteroatoms. The summed E-state index contributed by atoms with van der Waals surface area (Å²) >= 11 is 0. The van der Waals surface area contributed by atoms with Crippen molar-refractivity contribution in [3.05, 3.63) is 41.5 Å². The van der Waals surface area contributed by atoms with Crippen molar-refractivity contribution in [2.45, 2.75) is 26.2 Å². The van der Waals surface area contributed by atoms with Crippen LogP contribution >= 0.6 is 0 Å². The number of aromatic nitrogens is 3. The molecule has 1 atom stereocenters. The third kappa shape index (κ3) is 2.77. The maximum absolute atomic E-state index is 4.65. The van der Waals surface area contributed by atoms with Crippen molar-refractivity contribution >= 4 is 11.6 Å². The second-order valence-corrected chi connectivity index (χ2v) is 5.24. The minimum Gasteiger partial charge on any atom is -0.325 e. The van der Waals surface area contributed by atoms with E-state index in [0.717, 1.165) is 48.2 Å². The van der Waals surface area contributed by atoms with Crippen LogP contribution in [0.4, 0.5) is 11.6 Å². The van der Waals surface area contributed by atoms with Crippen molar-refractivity contribution in [3.8, 4) is 0 Å². The molecule has 3 rings (SSSR count). The first-order chi connectivity index (χ1) is 9.72. The van der Waals surface area contributed by atoms with Crippen LogP contribution in [0.15, 0.2) is 24.4 Å². The van der Waals surface area contributed by atoms with Gasteiger partial charge in [0.2, 0.25) is 0 Å². The monoisotopic (exact) mass is 269 g/mol. The van der Waals surface area contributed by atoms with Crippen molar-refractivity contribution in [3.63, 3.8) is 0 Å². The number of pyridine rings is 1. The van der Waals surface area contributed by atoms with Crippen molar-refractivity contribution in [2.24, 2.45) is 0 Å². The predicted molar refractivity (Wildman–Crippen MR) is 79.3 cm³/mol.